The Kier molecular flexibility index (Phi) is 8.23. The molecule has 2 aromatic heterocycles. The molecule has 2 aromatic rings. The number of anilines is 1. The van der Waals surface area contributed by atoms with E-state index < -0.39 is 9.84 Å². The molecule has 2 unspecified atom stereocenters. The molecule has 1 aliphatic heterocycles. The third-order valence-electron chi connectivity index (χ3n) is 6.08. The van der Waals surface area contributed by atoms with Crippen LogP contribution in [0.15, 0.2) is 34.4 Å². The van der Waals surface area contributed by atoms with Crippen LogP contribution in [-0.2, 0) is 34.0 Å². The van der Waals surface area contributed by atoms with Crippen molar-refractivity contribution in [1.29, 1.82) is 0 Å². The van der Waals surface area contributed by atoms with Crippen molar-refractivity contribution in [3.63, 3.8) is 0 Å². The Bertz CT molecular complexity index is 1150. The predicted molar refractivity (Wildman–Crippen MR) is 132 cm³/mol. The summed E-state index contributed by atoms with van der Waals surface area (Å²) in [4.78, 5) is 26.7. The first-order chi connectivity index (χ1) is 15.6. The maximum atomic E-state index is 13.5. The van der Waals surface area contributed by atoms with E-state index in [4.69, 9.17) is 11.6 Å². The summed E-state index contributed by atoms with van der Waals surface area (Å²) < 4.78 is 23.3. The standard InChI is InChI=1S/C24H31ClN4O3S/c1-5-15(3)11-18-8-9-19-20(12-17(6-2)23(25)28-19)29-24(22(18)30)27-14-16-7-10-21(26-13-16)33(4,31)32/h7,10,12-13,15,18H,5-6,8-9,11,14H2,1-4H3,(H,27,29). The second-order valence-electron chi connectivity index (χ2n) is 8.70. The number of ketones is 1. The minimum atomic E-state index is -3.37. The average molecular weight is 491 g/mol. The lowest BCUT2D eigenvalue weighted by Gasteiger charge is -2.25. The maximum Gasteiger partial charge on any atom is 0.200 e. The van der Waals surface area contributed by atoms with Crippen molar-refractivity contribution in [3.05, 3.63) is 46.4 Å². The van der Waals surface area contributed by atoms with Gasteiger partial charge in [0.05, 0.1) is 17.9 Å². The molecule has 2 atom stereocenters. The number of pyridine rings is 2. The summed E-state index contributed by atoms with van der Waals surface area (Å²) in [7, 11) is -3.37. The SMILES string of the molecule is CCc1cc2c(nc1Cl)CCC(CC(C)CC)C(=O)C(=NCc1ccc(S(C)(=O)=O)nc1)N2. The van der Waals surface area contributed by atoms with E-state index in [1.165, 1.54) is 12.3 Å². The van der Waals surface area contributed by atoms with Crippen LogP contribution in [0.3, 0.4) is 0 Å². The number of aromatic nitrogens is 2. The molecule has 0 bridgehead atoms. The van der Waals surface area contributed by atoms with Gasteiger partial charge < -0.3 is 5.32 Å². The smallest absolute Gasteiger partial charge is 0.200 e. The molecule has 9 heteroatoms. The van der Waals surface area contributed by atoms with Crippen molar-refractivity contribution in [3.8, 4) is 0 Å². The van der Waals surface area contributed by atoms with Crippen LogP contribution in [0.25, 0.3) is 0 Å². The van der Waals surface area contributed by atoms with E-state index >= 15 is 0 Å². The highest BCUT2D eigenvalue weighted by atomic mass is 35.5. The van der Waals surface area contributed by atoms with Crippen LogP contribution in [0.5, 0.6) is 0 Å². The fourth-order valence-corrected chi connectivity index (χ4v) is 4.68. The second-order valence-corrected chi connectivity index (χ2v) is 11.0. The van der Waals surface area contributed by atoms with Gasteiger partial charge in [-0.15, -0.1) is 0 Å². The van der Waals surface area contributed by atoms with E-state index in [0.29, 0.717) is 35.3 Å². The van der Waals surface area contributed by atoms with Gasteiger partial charge in [-0.05, 0) is 54.9 Å². The third-order valence-corrected chi connectivity index (χ3v) is 7.40. The number of hydrogen-bond donors (Lipinski definition) is 1. The van der Waals surface area contributed by atoms with Crippen LogP contribution in [0.2, 0.25) is 5.15 Å². The number of amidine groups is 1. The van der Waals surface area contributed by atoms with E-state index in [9.17, 15) is 13.2 Å². The molecule has 0 aliphatic carbocycles. The van der Waals surface area contributed by atoms with Gasteiger partial charge in [0, 0.05) is 18.4 Å². The average Bonchev–Trinajstić information content (AvgIpc) is 2.78. The fraction of sp³-hybridized carbons (Fsp3) is 0.500. The Balaban J connectivity index is 1.95. The van der Waals surface area contributed by atoms with Crippen molar-refractivity contribution in [2.45, 2.75) is 64.4 Å². The number of hydrogen-bond acceptors (Lipinski definition) is 6. The highest BCUT2D eigenvalue weighted by Gasteiger charge is 2.29. The Labute approximate surface area is 201 Å². The number of nitrogens with zero attached hydrogens (tertiary/aromatic N) is 3. The van der Waals surface area contributed by atoms with Crippen LogP contribution in [-0.4, -0.2) is 36.3 Å². The number of aryl methyl sites for hydroxylation is 2. The maximum absolute atomic E-state index is 13.5. The topological polar surface area (TPSA) is 101 Å². The molecule has 0 fully saturated rings. The lowest BCUT2D eigenvalue weighted by molar-refractivity contribution is -0.117. The highest BCUT2D eigenvalue weighted by Crippen LogP contribution is 2.29. The van der Waals surface area contributed by atoms with E-state index in [-0.39, 0.29) is 23.3 Å². The number of halogens is 1. The molecule has 33 heavy (non-hydrogen) atoms. The van der Waals surface area contributed by atoms with Gasteiger partial charge in [0.25, 0.3) is 0 Å². The second kappa shape index (κ2) is 10.7. The van der Waals surface area contributed by atoms with Crippen molar-refractivity contribution in [2.24, 2.45) is 16.8 Å². The number of nitrogens with one attached hydrogen (secondary N) is 1. The molecule has 0 saturated carbocycles. The van der Waals surface area contributed by atoms with Gasteiger partial charge in [-0.2, -0.15) is 0 Å². The molecule has 178 valence electrons. The van der Waals surface area contributed by atoms with E-state index in [1.54, 1.807) is 6.07 Å². The first-order valence-corrected chi connectivity index (χ1v) is 13.6. The summed E-state index contributed by atoms with van der Waals surface area (Å²) in [5.74, 6) is 0.555. The molecule has 3 rings (SSSR count). The van der Waals surface area contributed by atoms with Gasteiger partial charge in [-0.1, -0.05) is 44.9 Å². The normalized spacial score (nSPS) is 18.9. The summed E-state index contributed by atoms with van der Waals surface area (Å²) in [6.45, 7) is 6.50. The number of fused-ring (bicyclic) bond motifs is 1. The molecule has 7 nitrogen and oxygen atoms in total. The van der Waals surface area contributed by atoms with Crippen LogP contribution < -0.4 is 5.32 Å². The molecule has 1 N–H and O–H groups in total. The molecule has 0 amide bonds. The van der Waals surface area contributed by atoms with Crippen molar-refractivity contribution in [1.82, 2.24) is 9.97 Å². The van der Waals surface area contributed by atoms with Crippen LogP contribution in [0.1, 0.15) is 56.9 Å². The van der Waals surface area contributed by atoms with Crippen LogP contribution in [0.4, 0.5) is 5.69 Å². The summed E-state index contributed by atoms with van der Waals surface area (Å²) >= 11 is 6.36. The highest BCUT2D eigenvalue weighted by molar-refractivity contribution is 7.90. The van der Waals surface area contributed by atoms with E-state index in [0.717, 1.165) is 42.5 Å². The number of carbonyl (C=O) groups is 1. The number of aliphatic imine (C=N–C) groups is 1. The summed E-state index contributed by atoms with van der Waals surface area (Å²) in [5, 5.41) is 3.75. The third kappa shape index (κ3) is 6.38. The van der Waals surface area contributed by atoms with Crippen molar-refractivity contribution >= 4 is 38.7 Å². The molecular weight excluding hydrogens is 460 g/mol. The minimum Gasteiger partial charge on any atom is -0.336 e. The first kappa shape index (κ1) is 25.3. The molecule has 0 spiro atoms. The number of Topliss-reactive ketones (excluding diaryl/α,β-unsaturated/α-hetero) is 1. The number of rotatable bonds is 7. The largest absolute Gasteiger partial charge is 0.336 e. The van der Waals surface area contributed by atoms with Gasteiger partial charge >= 0.3 is 0 Å². The first-order valence-electron chi connectivity index (χ1n) is 11.3. The van der Waals surface area contributed by atoms with Crippen molar-refractivity contribution in [2.75, 3.05) is 11.6 Å². The van der Waals surface area contributed by atoms with Crippen molar-refractivity contribution < 1.29 is 13.2 Å². The predicted octanol–water partition coefficient (Wildman–Crippen LogP) is 4.67. The number of carbonyl (C=O) groups excluding carboxylic acids is 1. The van der Waals surface area contributed by atoms with E-state index in [1.807, 2.05) is 13.0 Å². The zero-order chi connectivity index (χ0) is 24.2. The van der Waals surface area contributed by atoms with Gasteiger partial charge in [0.15, 0.2) is 20.7 Å². The summed E-state index contributed by atoms with van der Waals surface area (Å²) in [6.07, 6.45) is 6.48. The molecule has 0 saturated heterocycles. The molecule has 0 radical (unpaired) electrons. The lowest BCUT2D eigenvalue weighted by Crippen LogP contribution is -2.34. The fourth-order valence-electron chi connectivity index (χ4n) is 3.83. The van der Waals surface area contributed by atoms with Gasteiger partial charge in [0.2, 0.25) is 5.78 Å². The Morgan fingerprint density at radius 3 is 2.67 bits per heavy atom. The number of sulfone groups is 1. The zero-order valence-electron chi connectivity index (χ0n) is 19.6. The molecule has 0 aromatic carbocycles. The molecule has 1 aliphatic rings. The summed E-state index contributed by atoms with van der Waals surface area (Å²) in [5.41, 5.74) is 3.22. The Morgan fingerprint density at radius 1 is 1.30 bits per heavy atom. The van der Waals surface area contributed by atoms with Crippen LogP contribution >= 0.6 is 11.6 Å². The van der Waals surface area contributed by atoms with Gasteiger partial charge in [0.1, 0.15) is 5.15 Å². The monoisotopic (exact) mass is 490 g/mol. The van der Waals surface area contributed by atoms with Gasteiger partial charge in [-0.3, -0.25) is 9.79 Å². The Hall–Kier alpha value is -2.32. The summed E-state index contributed by atoms with van der Waals surface area (Å²) in [6, 6.07) is 5.07. The molecular formula is C24H31ClN4O3S. The quantitative estimate of drug-likeness (QED) is 0.565. The van der Waals surface area contributed by atoms with E-state index in [2.05, 4.69) is 34.1 Å². The van der Waals surface area contributed by atoms with Crippen LogP contribution in [0, 0.1) is 11.8 Å². The molecule has 3 heterocycles. The zero-order valence-corrected chi connectivity index (χ0v) is 21.1. The minimum absolute atomic E-state index is 0.00494. The van der Waals surface area contributed by atoms with Gasteiger partial charge in [-0.25, -0.2) is 18.4 Å². The lowest BCUT2D eigenvalue weighted by atomic mass is 9.85. The Morgan fingerprint density at radius 2 is 2.06 bits per heavy atom.